The minimum absolute atomic E-state index is 0.249. The van der Waals surface area contributed by atoms with Gasteiger partial charge in [0.1, 0.15) is 10.4 Å². The Bertz CT molecular complexity index is 536. The fraction of sp³-hybridized carbons (Fsp3) is 0.250. The molecule has 0 unspecified atom stereocenters. The molecule has 0 aliphatic rings. The van der Waals surface area contributed by atoms with Gasteiger partial charge in [-0.05, 0) is 15.9 Å². The number of halogens is 1. The lowest BCUT2D eigenvalue weighted by atomic mass is 10.4. The molecule has 2 aromatic rings. The molecule has 0 bridgehead atoms. The maximum absolute atomic E-state index is 11.5. The molecule has 6 heteroatoms. The smallest absolute Gasteiger partial charge is 0.279 e. The van der Waals surface area contributed by atoms with Gasteiger partial charge in [-0.1, -0.05) is 6.92 Å². The standard InChI is InChI=1S/C8H7BrN4O/c1-2-5-12-7-6(8(14)13-5)11-4(9)3-10-7/h3H,2H2,1H3,(H,10,12,13,14). The van der Waals surface area contributed by atoms with E-state index >= 15 is 0 Å². The molecular weight excluding hydrogens is 248 g/mol. The highest BCUT2D eigenvalue weighted by Crippen LogP contribution is 2.07. The molecule has 0 saturated heterocycles. The second-order valence-corrected chi connectivity index (χ2v) is 3.54. The van der Waals surface area contributed by atoms with Crippen LogP contribution in [-0.2, 0) is 6.42 Å². The van der Waals surface area contributed by atoms with Gasteiger partial charge in [-0.25, -0.2) is 15.0 Å². The van der Waals surface area contributed by atoms with Crippen LogP contribution in [0.3, 0.4) is 0 Å². The summed E-state index contributed by atoms with van der Waals surface area (Å²) in [6, 6.07) is 0. The van der Waals surface area contributed by atoms with E-state index in [-0.39, 0.29) is 11.1 Å². The normalized spacial score (nSPS) is 10.7. The molecule has 5 nitrogen and oxygen atoms in total. The van der Waals surface area contributed by atoms with Crippen molar-refractivity contribution in [1.29, 1.82) is 0 Å². The van der Waals surface area contributed by atoms with Crippen molar-refractivity contribution in [2.24, 2.45) is 0 Å². The quantitative estimate of drug-likeness (QED) is 0.826. The molecule has 0 atom stereocenters. The second kappa shape index (κ2) is 3.45. The minimum atomic E-state index is -0.249. The Morgan fingerprint density at radius 2 is 2.29 bits per heavy atom. The fourth-order valence-electron chi connectivity index (χ4n) is 1.11. The third-order valence-electron chi connectivity index (χ3n) is 1.77. The first-order valence-electron chi connectivity index (χ1n) is 4.12. The highest BCUT2D eigenvalue weighted by atomic mass is 79.9. The zero-order valence-corrected chi connectivity index (χ0v) is 9.00. The zero-order valence-electron chi connectivity index (χ0n) is 7.41. The number of fused-ring (bicyclic) bond motifs is 1. The maximum Gasteiger partial charge on any atom is 0.279 e. The SMILES string of the molecule is CCc1nc2ncc(Br)nc2c(=O)[nH]1. The summed E-state index contributed by atoms with van der Waals surface area (Å²) in [6.07, 6.45) is 2.19. The molecule has 1 N–H and O–H groups in total. The first-order valence-corrected chi connectivity index (χ1v) is 4.91. The fourth-order valence-corrected chi connectivity index (χ4v) is 1.39. The Morgan fingerprint density at radius 3 is 3.00 bits per heavy atom. The van der Waals surface area contributed by atoms with E-state index in [1.54, 1.807) is 0 Å². The van der Waals surface area contributed by atoms with Gasteiger partial charge in [0, 0.05) is 6.42 Å². The van der Waals surface area contributed by atoms with Crippen LogP contribution in [0, 0.1) is 0 Å². The minimum Gasteiger partial charge on any atom is -0.309 e. The lowest BCUT2D eigenvalue weighted by Gasteiger charge is -1.98. The molecule has 0 amide bonds. The van der Waals surface area contributed by atoms with E-state index in [9.17, 15) is 4.79 Å². The summed E-state index contributed by atoms with van der Waals surface area (Å²) in [7, 11) is 0. The number of nitrogens with zero attached hydrogens (tertiary/aromatic N) is 3. The van der Waals surface area contributed by atoms with Crippen molar-refractivity contribution in [3.63, 3.8) is 0 Å². The number of hydrogen-bond acceptors (Lipinski definition) is 4. The third-order valence-corrected chi connectivity index (χ3v) is 2.15. The first-order chi connectivity index (χ1) is 6.70. The number of rotatable bonds is 1. The zero-order chi connectivity index (χ0) is 10.1. The van der Waals surface area contributed by atoms with Crippen LogP contribution < -0.4 is 5.56 Å². The van der Waals surface area contributed by atoms with Crippen molar-refractivity contribution in [2.75, 3.05) is 0 Å². The lowest BCUT2D eigenvalue weighted by molar-refractivity contribution is 0.929. The molecule has 0 fully saturated rings. The molecule has 0 radical (unpaired) electrons. The van der Waals surface area contributed by atoms with E-state index in [4.69, 9.17) is 0 Å². The van der Waals surface area contributed by atoms with Crippen LogP contribution in [0.1, 0.15) is 12.7 Å². The Balaban J connectivity index is 2.83. The van der Waals surface area contributed by atoms with Crippen LogP contribution in [0.5, 0.6) is 0 Å². The van der Waals surface area contributed by atoms with Crippen molar-refractivity contribution < 1.29 is 0 Å². The third kappa shape index (κ3) is 1.52. The average Bonchev–Trinajstić information content (AvgIpc) is 2.19. The highest BCUT2D eigenvalue weighted by molar-refractivity contribution is 9.10. The summed E-state index contributed by atoms with van der Waals surface area (Å²) in [5, 5.41) is 0. The average molecular weight is 255 g/mol. The maximum atomic E-state index is 11.5. The second-order valence-electron chi connectivity index (χ2n) is 2.73. The Labute approximate surface area is 87.8 Å². The summed E-state index contributed by atoms with van der Waals surface area (Å²) >= 11 is 3.15. The molecule has 2 rings (SSSR count). The van der Waals surface area contributed by atoms with Gasteiger partial charge in [0.15, 0.2) is 11.2 Å². The summed E-state index contributed by atoms with van der Waals surface area (Å²) in [4.78, 5) is 26.3. The van der Waals surface area contributed by atoms with Crippen LogP contribution in [-0.4, -0.2) is 19.9 Å². The van der Waals surface area contributed by atoms with Gasteiger partial charge in [0.25, 0.3) is 5.56 Å². The number of aromatic amines is 1. The van der Waals surface area contributed by atoms with E-state index in [1.165, 1.54) is 6.20 Å². The van der Waals surface area contributed by atoms with Crippen LogP contribution in [0.4, 0.5) is 0 Å². The molecule has 72 valence electrons. The summed E-state index contributed by atoms with van der Waals surface area (Å²) in [6.45, 7) is 1.91. The molecule has 0 aromatic carbocycles. The van der Waals surface area contributed by atoms with Gasteiger partial charge in [-0.3, -0.25) is 4.79 Å². The molecule has 0 aliphatic heterocycles. The molecular formula is C8H7BrN4O. The largest absolute Gasteiger partial charge is 0.309 e. The van der Waals surface area contributed by atoms with Crippen molar-refractivity contribution in [1.82, 2.24) is 19.9 Å². The van der Waals surface area contributed by atoms with Crippen LogP contribution >= 0.6 is 15.9 Å². The Morgan fingerprint density at radius 1 is 1.50 bits per heavy atom. The monoisotopic (exact) mass is 254 g/mol. The van der Waals surface area contributed by atoms with Gasteiger partial charge in [-0.2, -0.15) is 0 Å². The van der Waals surface area contributed by atoms with Gasteiger partial charge >= 0.3 is 0 Å². The van der Waals surface area contributed by atoms with Gasteiger partial charge in [0.2, 0.25) is 0 Å². The van der Waals surface area contributed by atoms with E-state index in [0.717, 1.165) is 0 Å². The number of aromatic nitrogens is 4. The predicted octanol–water partition coefficient (Wildman–Crippen LogP) is 1.04. The Hall–Kier alpha value is -1.30. The van der Waals surface area contributed by atoms with Crippen molar-refractivity contribution in [3.05, 3.63) is 27.0 Å². The van der Waals surface area contributed by atoms with Gasteiger partial charge in [0.05, 0.1) is 6.20 Å². The van der Waals surface area contributed by atoms with E-state index < -0.39 is 0 Å². The molecule has 0 saturated carbocycles. The Kier molecular flexibility index (Phi) is 2.28. The van der Waals surface area contributed by atoms with Crippen molar-refractivity contribution in [2.45, 2.75) is 13.3 Å². The van der Waals surface area contributed by atoms with E-state index in [0.29, 0.717) is 22.5 Å². The number of aryl methyl sites for hydroxylation is 1. The topological polar surface area (TPSA) is 71.5 Å². The van der Waals surface area contributed by atoms with Crippen LogP contribution in [0.15, 0.2) is 15.6 Å². The lowest BCUT2D eigenvalue weighted by Crippen LogP contribution is -2.13. The van der Waals surface area contributed by atoms with Crippen LogP contribution in [0.25, 0.3) is 11.2 Å². The van der Waals surface area contributed by atoms with Crippen molar-refractivity contribution >= 4 is 27.1 Å². The first kappa shape index (κ1) is 9.26. The highest BCUT2D eigenvalue weighted by Gasteiger charge is 2.05. The number of hydrogen-bond donors (Lipinski definition) is 1. The predicted molar refractivity (Wildman–Crippen MR) is 55.0 cm³/mol. The molecule has 0 spiro atoms. The molecule has 0 aliphatic carbocycles. The molecule has 2 aromatic heterocycles. The van der Waals surface area contributed by atoms with Gasteiger partial charge < -0.3 is 4.98 Å². The summed E-state index contributed by atoms with van der Waals surface area (Å²) in [5.74, 6) is 0.624. The van der Waals surface area contributed by atoms with Crippen molar-refractivity contribution in [3.8, 4) is 0 Å². The van der Waals surface area contributed by atoms with E-state index in [1.807, 2.05) is 6.92 Å². The van der Waals surface area contributed by atoms with E-state index in [2.05, 4.69) is 35.9 Å². The van der Waals surface area contributed by atoms with Crippen LogP contribution in [0.2, 0.25) is 0 Å². The number of H-pyrrole nitrogens is 1. The summed E-state index contributed by atoms with van der Waals surface area (Å²) in [5.41, 5.74) is 0.394. The summed E-state index contributed by atoms with van der Waals surface area (Å²) < 4.78 is 0.529. The van der Waals surface area contributed by atoms with Gasteiger partial charge in [-0.15, -0.1) is 0 Å². The molecule has 14 heavy (non-hydrogen) atoms. The molecule has 2 heterocycles. The number of nitrogens with one attached hydrogen (secondary N) is 1.